The highest BCUT2D eigenvalue weighted by Crippen LogP contribution is 2.40. The quantitative estimate of drug-likeness (QED) is 0.174. The van der Waals surface area contributed by atoms with Crippen LogP contribution in [0.3, 0.4) is 0 Å². The van der Waals surface area contributed by atoms with E-state index in [-0.39, 0.29) is 0 Å². The summed E-state index contributed by atoms with van der Waals surface area (Å²) in [6.45, 7) is 0. The van der Waals surface area contributed by atoms with Crippen LogP contribution in [0.25, 0.3) is 122 Å². The van der Waals surface area contributed by atoms with Crippen molar-refractivity contribution < 1.29 is 4.42 Å². The molecule has 0 aliphatic heterocycles. The SMILES string of the molecule is C1=Cc2c(n(-c3cc(-c4ccc(-c5ccc6oc7ccc(-n8c9ccncc9c9cnccc98)cc7c6c5)cc4)cc(-n4c5ccccc5c5ccccc54)c3)c3ccccc23)CC1. The van der Waals surface area contributed by atoms with E-state index in [0.717, 1.165) is 90.3 Å². The minimum absolute atomic E-state index is 0.863. The third-order valence-electron chi connectivity index (χ3n) is 13.5. The first-order valence-electron chi connectivity index (χ1n) is 21.9. The molecule has 0 saturated carbocycles. The Labute approximate surface area is 367 Å². The Hall–Kier alpha value is -8.48. The minimum Gasteiger partial charge on any atom is -0.456 e. The molecule has 6 nitrogen and oxygen atoms in total. The molecule has 0 spiro atoms. The number of pyridine rings is 2. The summed E-state index contributed by atoms with van der Waals surface area (Å²) >= 11 is 0. The molecule has 13 aromatic rings. The van der Waals surface area contributed by atoms with Crippen LogP contribution in [0, 0.1) is 0 Å². The van der Waals surface area contributed by atoms with Gasteiger partial charge in [0, 0.05) is 90.8 Å². The molecule has 0 fully saturated rings. The number of aromatic nitrogens is 5. The zero-order valence-electron chi connectivity index (χ0n) is 34.6. The maximum absolute atomic E-state index is 6.43. The van der Waals surface area contributed by atoms with E-state index in [1.54, 1.807) is 0 Å². The third-order valence-corrected chi connectivity index (χ3v) is 13.5. The first-order valence-corrected chi connectivity index (χ1v) is 21.9. The highest BCUT2D eigenvalue weighted by Gasteiger charge is 2.21. The first-order chi connectivity index (χ1) is 31.7. The molecule has 0 radical (unpaired) electrons. The van der Waals surface area contributed by atoms with Gasteiger partial charge in [-0.3, -0.25) is 9.97 Å². The predicted octanol–water partition coefficient (Wildman–Crippen LogP) is 14.8. The van der Waals surface area contributed by atoms with Gasteiger partial charge in [-0.2, -0.15) is 0 Å². The summed E-state index contributed by atoms with van der Waals surface area (Å²) < 4.78 is 13.7. The van der Waals surface area contributed by atoms with Crippen LogP contribution in [0.4, 0.5) is 0 Å². The van der Waals surface area contributed by atoms with Crippen LogP contribution in [-0.2, 0) is 6.42 Å². The van der Waals surface area contributed by atoms with E-state index < -0.39 is 0 Å². The van der Waals surface area contributed by atoms with Gasteiger partial charge >= 0.3 is 0 Å². The summed E-state index contributed by atoms with van der Waals surface area (Å²) in [4.78, 5) is 8.85. The molecule has 0 unspecified atom stereocenters. The monoisotopic (exact) mass is 819 g/mol. The standard InChI is InChI=1S/C58H37N5O/c1-5-13-51-43(9-1)44-10-2-6-14-52(44)62(51)41-29-39(30-42(32-41)63-53-15-7-3-11-45(53)46-12-4-8-16-54(46)63)37-19-17-36(18-20-37)38-21-23-57-47(31-38)48-33-40(22-24-58(48)64-57)61-55-25-27-59-34-49(55)50-35-60-28-26-56(50)61/h1-7,9-15,17-35H,8,16H2. The fourth-order valence-electron chi connectivity index (χ4n) is 10.6. The average molecular weight is 820 g/mol. The van der Waals surface area contributed by atoms with E-state index in [0.29, 0.717) is 0 Å². The highest BCUT2D eigenvalue weighted by molar-refractivity contribution is 6.11. The Balaban J connectivity index is 0.911. The van der Waals surface area contributed by atoms with E-state index in [2.05, 4.69) is 200 Å². The van der Waals surface area contributed by atoms with Gasteiger partial charge in [-0.15, -0.1) is 0 Å². The van der Waals surface area contributed by atoms with Crippen molar-refractivity contribution in [3.63, 3.8) is 0 Å². The fourth-order valence-corrected chi connectivity index (χ4v) is 10.6. The summed E-state index contributed by atoms with van der Waals surface area (Å²) in [5.41, 5.74) is 18.2. The van der Waals surface area contributed by atoms with Crippen LogP contribution in [0.1, 0.15) is 17.7 Å². The number of hydrogen-bond acceptors (Lipinski definition) is 3. The van der Waals surface area contributed by atoms with E-state index in [1.165, 1.54) is 49.5 Å². The van der Waals surface area contributed by atoms with Crippen LogP contribution < -0.4 is 0 Å². The zero-order valence-corrected chi connectivity index (χ0v) is 34.6. The van der Waals surface area contributed by atoms with Gasteiger partial charge < -0.3 is 18.1 Å². The molecule has 0 amide bonds. The summed E-state index contributed by atoms with van der Waals surface area (Å²) in [7, 11) is 0. The molecule has 0 bridgehead atoms. The Bertz CT molecular complexity index is 3980. The summed E-state index contributed by atoms with van der Waals surface area (Å²) in [5.74, 6) is 0. The van der Waals surface area contributed by atoms with Crippen molar-refractivity contribution in [2.45, 2.75) is 12.8 Å². The molecule has 0 saturated heterocycles. The molecule has 14 rings (SSSR count). The van der Waals surface area contributed by atoms with Crippen molar-refractivity contribution in [1.82, 2.24) is 23.7 Å². The van der Waals surface area contributed by atoms with Crippen molar-refractivity contribution in [2.75, 3.05) is 0 Å². The number of benzene rings is 7. The minimum atomic E-state index is 0.863. The Morgan fingerprint density at radius 2 is 0.922 bits per heavy atom. The summed E-state index contributed by atoms with van der Waals surface area (Å²) in [6, 6.07) is 59.7. The number of fused-ring (bicyclic) bond motifs is 12. The lowest BCUT2D eigenvalue weighted by molar-refractivity contribution is 0.669. The largest absolute Gasteiger partial charge is 0.456 e. The maximum atomic E-state index is 6.43. The van der Waals surface area contributed by atoms with Crippen LogP contribution in [-0.4, -0.2) is 23.7 Å². The predicted molar refractivity (Wildman–Crippen MR) is 263 cm³/mol. The van der Waals surface area contributed by atoms with Crippen molar-refractivity contribution in [1.29, 1.82) is 0 Å². The highest BCUT2D eigenvalue weighted by atomic mass is 16.3. The van der Waals surface area contributed by atoms with Crippen LogP contribution in [0.5, 0.6) is 0 Å². The van der Waals surface area contributed by atoms with E-state index >= 15 is 0 Å². The van der Waals surface area contributed by atoms with Gasteiger partial charge in [-0.1, -0.05) is 97.1 Å². The second-order valence-electron chi connectivity index (χ2n) is 17.0. The van der Waals surface area contributed by atoms with E-state index in [4.69, 9.17) is 4.42 Å². The van der Waals surface area contributed by atoms with Crippen molar-refractivity contribution in [3.8, 4) is 39.3 Å². The molecule has 1 aliphatic carbocycles. The fraction of sp³-hybridized carbons (Fsp3) is 0.0345. The van der Waals surface area contributed by atoms with Crippen molar-refractivity contribution >= 4 is 82.5 Å². The van der Waals surface area contributed by atoms with Gasteiger partial charge in [-0.25, -0.2) is 0 Å². The number of para-hydroxylation sites is 3. The van der Waals surface area contributed by atoms with Crippen molar-refractivity contribution in [3.05, 3.63) is 206 Å². The molecule has 0 atom stereocenters. The lowest BCUT2D eigenvalue weighted by atomic mass is 9.98. The van der Waals surface area contributed by atoms with Crippen LogP contribution in [0.15, 0.2) is 199 Å². The van der Waals surface area contributed by atoms with Gasteiger partial charge in [-0.05, 0) is 114 Å². The van der Waals surface area contributed by atoms with Gasteiger partial charge in [0.2, 0.25) is 0 Å². The van der Waals surface area contributed by atoms with Gasteiger partial charge in [0.1, 0.15) is 11.2 Å². The van der Waals surface area contributed by atoms with Crippen LogP contribution in [0.2, 0.25) is 0 Å². The van der Waals surface area contributed by atoms with Crippen LogP contribution >= 0.6 is 0 Å². The molecule has 300 valence electrons. The van der Waals surface area contributed by atoms with Gasteiger partial charge in [0.15, 0.2) is 0 Å². The van der Waals surface area contributed by atoms with Crippen molar-refractivity contribution in [2.24, 2.45) is 0 Å². The number of nitrogens with zero attached hydrogens (tertiary/aromatic N) is 5. The smallest absolute Gasteiger partial charge is 0.135 e. The molecule has 1 aliphatic rings. The Morgan fingerprint density at radius 1 is 0.391 bits per heavy atom. The number of rotatable bonds is 5. The molecule has 6 heterocycles. The molecule has 6 aromatic heterocycles. The lowest BCUT2D eigenvalue weighted by Crippen LogP contribution is -2.05. The Morgan fingerprint density at radius 3 is 1.61 bits per heavy atom. The normalized spacial score (nSPS) is 12.8. The van der Waals surface area contributed by atoms with Gasteiger partial charge in [0.25, 0.3) is 0 Å². The average Bonchev–Trinajstić information content (AvgIpc) is 4.10. The molecular formula is C58H37N5O. The Kier molecular flexibility index (Phi) is 7.42. The summed E-state index contributed by atoms with van der Waals surface area (Å²) in [6.07, 6.45) is 14.2. The second-order valence-corrected chi connectivity index (χ2v) is 17.0. The van der Waals surface area contributed by atoms with E-state index in [9.17, 15) is 0 Å². The maximum Gasteiger partial charge on any atom is 0.135 e. The van der Waals surface area contributed by atoms with Gasteiger partial charge in [0.05, 0.1) is 27.6 Å². The second kappa shape index (κ2) is 13.5. The number of hydrogen-bond donors (Lipinski definition) is 0. The molecule has 0 N–H and O–H groups in total. The van der Waals surface area contributed by atoms with E-state index in [1.807, 2.05) is 24.8 Å². The molecule has 64 heavy (non-hydrogen) atoms. The topological polar surface area (TPSA) is 53.7 Å². The molecular weight excluding hydrogens is 783 g/mol. The molecule has 6 heteroatoms. The number of furan rings is 1. The zero-order chi connectivity index (χ0) is 41.9. The number of allylic oxidation sites excluding steroid dienone is 1. The lowest BCUT2D eigenvalue weighted by Gasteiger charge is -2.18. The molecule has 7 aromatic carbocycles. The third kappa shape index (κ3) is 5.14. The summed E-state index contributed by atoms with van der Waals surface area (Å²) in [5, 5.41) is 8.13. The first kappa shape index (κ1) is 35.2.